The molecule has 0 unspecified atom stereocenters. The second-order valence-electron chi connectivity index (χ2n) is 5.52. The molecule has 1 rings (SSSR count). The summed E-state index contributed by atoms with van der Waals surface area (Å²) in [5, 5.41) is 0. The van der Waals surface area contributed by atoms with Gasteiger partial charge >= 0.3 is 0 Å². The predicted octanol–water partition coefficient (Wildman–Crippen LogP) is 4.18. The first-order chi connectivity index (χ1) is 8.33. The molecule has 1 heterocycles. The van der Waals surface area contributed by atoms with Crippen LogP contribution in [0.3, 0.4) is 0 Å². The van der Waals surface area contributed by atoms with Gasteiger partial charge in [-0.1, -0.05) is 52.4 Å². The van der Waals surface area contributed by atoms with Crippen molar-refractivity contribution in [1.29, 1.82) is 0 Å². The van der Waals surface area contributed by atoms with E-state index in [0.717, 1.165) is 26.4 Å². The van der Waals surface area contributed by atoms with E-state index in [1.807, 2.05) is 0 Å². The molecule has 0 aromatic carbocycles. The van der Waals surface area contributed by atoms with Crippen molar-refractivity contribution in [3.05, 3.63) is 0 Å². The van der Waals surface area contributed by atoms with Gasteiger partial charge in [0.05, 0.1) is 19.8 Å². The van der Waals surface area contributed by atoms with Crippen molar-refractivity contribution >= 4 is 0 Å². The Morgan fingerprint density at radius 2 is 1.59 bits per heavy atom. The van der Waals surface area contributed by atoms with Crippen LogP contribution in [-0.4, -0.2) is 26.4 Å². The van der Waals surface area contributed by atoms with Crippen molar-refractivity contribution in [3.8, 4) is 0 Å². The molecule has 0 saturated carbocycles. The molecule has 102 valence electrons. The Labute approximate surface area is 107 Å². The first kappa shape index (κ1) is 15.0. The highest BCUT2D eigenvalue weighted by atomic mass is 16.5. The molecule has 0 atom stereocenters. The summed E-state index contributed by atoms with van der Waals surface area (Å²) >= 11 is 0. The Bertz CT molecular complexity index is 170. The number of rotatable bonds is 11. The van der Waals surface area contributed by atoms with Crippen molar-refractivity contribution in [2.75, 3.05) is 26.4 Å². The molecule has 2 nitrogen and oxygen atoms in total. The van der Waals surface area contributed by atoms with Gasteiger partial charge in [-0.05, 0) is 12.8 Å². The Kier molecular flexibility index (Phi) is 7.87. The molecule has 1 saturated heterocycles. The van der Waals surface area contributed by atoms with Gasteiger partial charge in [-0.2, -0.15) is 0 Å². The van der Waals surface area contributed by atoms with E-state index in [1.165, 1.54) is 51.4 Å². The molecular weight excluding hydrogens is 212 g/mol. The van der Waals surface area contributed by atoms with Gasteiger partial charge in [0.25, 0.3) is 0 Å². The fraction of sp³-hybridized carbons (Fsp3) is 1.00. The minimum Gasteiger partial charge on any atom is -0.381 e. The van der Waals surface area contributed by atoms with Crippen molar-refractivity contribution in [1.82, 2.24) is 0 Å². The lowest BCUT2D eigenvalue weighted by Gasteiger charge is -2.40. The Morgan fingerprint density at radius 1 is 0.941 bits per heavy atom. The lowest BCUT2D eigenvalue weighted by atomic mass is 9.84. The van der Waals surface area contributed by atoms with Crippen LogP contribution >= 0.6 is 0 Å². The molecule has 0 bridgehead atoms. The van der Waals surface area contributed by atoms with Gasteiger partial charge < -0.3 is 9.47 Å². The summed E-state index contributed by atoms with van der Waals surface area (Å²) < 4.78 is 11.1. The highest BCUT2D eigenvalue weighted by Crippen LogP contribution is 2.31. The van der Waals surface area contributed by atoms with Crippen molar-refractivity contribution in [2.24, 2.45) is 5.41 Å². The van der Waals surface area contributed by atoms with E-state index in [2.05, 4.69) is 13.8 Å². The molecule has 0 aromatic heterocycles. The maximum absolute atomic E-state index is 5.78. The standard InChI is InChI=1S/C15H30O2/c1-3-5-6-7-8-9-10-11-16-12-15(4-2)13-17-14-15/h3-14H2,1-2H3. The van der Waals surface area contributed by atoms with Crippen LogP contribution in [0, 0.1) is 5.41 Å². The van der Waals surface area contributed by atoms with Gasteiger partial charge in [-0.15, -0.1) is 0 Å². The fourth-order valence-corrected chi connectivity index (χ4v) is 2.23. The average molecular weight is 242 g/mol. The molecule has 0 aliphatic carbocycles. The molecule has 0 radical (unpaired) electrons. The maximum Gasteiger partial charge on any atom is 0.0566 e. The van der Waals surface area contributed by atoms with Gasteiger partial charge in [-0.3, -0.25) is 0 Å². The van der Waals surface area contributed by atoms with E-state index in [1.54, 1.807) is 0 Å². The largest absolute Gasteiger partial charge is 0.381 e. The van der Waals surface area contributed by atoms with Crippen molar-refractivity contribution in [2.45, 2.75) is 65.2 Å². The quantitative estimate of drug-likeness (QED) is 0.506. The van der Waals surface area contributed by atoms with E-state index in [0.29, 0.717) is 5.41 Å². The van der Waals surface area contributed by atoms with Crippen LogP contribution in [0.4, 0.5) is 0 Å². The summed E-state index contributed by atoms with van der Waals surface area (Å²) in [6.07, 6.45) is 10.7. The van der Waals surface area contributed by atoms with Crippen LogP contribution in [0.5, 0.6) is 0 Å². The summed E-state index contributed by atoms with van der Waals surface area (Å²) in [6, 6.07) is 0. The average Bonchev–Trinajstić information content (AvgIpc) is 2.30. The van der Waals surface area contributed by atoms with Gasteiger partial charge in [0.2, 0.25) is 0 Å². The molecule has 0 amide bonds. The minimum atomic E-state index is 0.362. The minimum absolute atomic E-state index is 0.362. The van der Waals surface area contributed by atoms with Crippen LogP contribution in [0.2, 0.25) is 0 Å². The van der Waals surface area contributed by atoms with Crippen LogP contribution in [0.1, 0.15) is 65.2 Å². The molecular formula is C15H30O2. The normalized spacial score (nSPS) is 18.0. The predicted molar refractivity (Wildman–Crippen MR) is 72.4 cm³/mol. The zero-order valence-electron chi connectivity index (χ0n) is 11.8. The third-order valence-electron chi connectivity index (χ3n) is 3.87. The third-order valence-corrected chi connectivity index (χ3v) is 3.87. The summed E-state index contributed by atoms with van der Waals surface area (Å²) in [5.74, 6) is 0. The summed E-state index contributed by atoms with van der Waals surface area (Å²) in [7, 11) is 0. The second-order valence-corrected chi connectivity index (χ2v) is 5.52. The molecule has 2 heteroatoms. The van der Waals surface area contributed by atoms with Gasteiger partial charge in [-0.25, -0.2) is 0 Å². The lowest BCUT2D eigenvalue weighted by Crippen LogP contribution is -2.45. The molecule has 0 N–H and O–H groups in total. The van der Waals surface area contributed by atoms with E-state index in [4.69, 9.17) is 9.47 Å². The van der Waals surface area contributed by atoms with E-state index >= 15 is 0 Å². The molecule has 1 aliphatic rings. The zero-order valence-corrected chi connectivity index (χ0v) is 11.8. The monoisotopic (exact) mass is 242 g/mol. The lowest BCUT2D eigenvalue weighted by molar-refractivity contribution is -0.150. The molecule has 0 aromatic rings. The second kappa shape index (κ2) is 8.93. The van der Waals surface area contributed by atoms with Gasteiger partial charge in [0, 0.05) is 12.0 Å². The summed E-state index contributed by atoms with van der Waals surface area (Å²) in [5.41, 5.74) is 0.362. The highest BCUT2D eigenvalue weighted by Gasteiger charge is 2.36. The molecule has 0 spiro atoms. The first-order valence-corrected chi connectivity index (χ1v) is 7.48. The van der Waals surface area contributed by atoms with Crippen LogP contribution < -0.4 is 0 Å². The Hall–Kier alpha value is -0.0800. The molecule has 1 aliphatic heterocycles. The first-order valence-electron chi connectivity index (χ1n) is 7.48. The fourth-order valence-electron chi connectivity index (χ4n) is 2.23. The Balaban J connectivity index is 1.81. The number of hydrogen-bond acceptors (Lipinski definition) is 2. The summed E-state index contributed by atoms with van der Waals surface area (Å²) in [6.45, 7) is 8.15. The van der Waals surface area contributed by atoms with E-state index in [9.17, 15) is 0 Å². The van der Waals surface area contributed by atoms with E-state index < -0.39 is 0 Å². The van der Waals surface area contributed by atoms with Crippen LogP contribution in [0.25, 0.3) is 0 Å². The SMILES string of the molecule is CCCCCCCCCOCC1(CC)COC1. The van der Waals surface area contributed by atoms with Crippen molar-refractivity contribution < 1.29 is 9.47 Å². The smallest absolute Gasteiger partial charge is 0.0566 e. The maximum atomic E-state index is 5.78. The topological polar surface area (TPSA) is 18.5 Å². The number of unbranched alkanes of at least 4 members (excludes halogenated alkanes) is 6. The number of hydrogen-bond donors (Lipinski definition) is 0. The van der Waals surface area contributed by atoms with Crippen LogP contribution in [0.15, 0.2) is 0 Å². The van der Waals surface area contributed by atoms with Crippen LogP contribution in [-0.2, 0) is 9.47 Å². The summed E-state index contributed by atoms with van der Waals surface area (Å²) in [4.78, 5) is 0. The Morgan fingerprint density at radius 3 is 2.12 bits per heavy atom. The number of ether oxygens (including phenoxy) is 2. The third kappa shape index (κ3) is 5.87. The van der Waals surface area contributed by atoms with Crippen molar-refractivity contribution in [3.63, 3.8) is 0 Å². The molecule has 1 fully saturated rings. The zero-order chi connectivity index (χ0) is 12.4. The molecule has 17 heavy (non-hydrogen) atoms. The van der Waals surface area contributed by atoms with Gasteiger partial charge in [0.1, 0.15) is 0 Å². The van der Waals surface area contributed by atoms with E-state index in [-0.39, 0.29) is 0 Å². The highest BCUT2D eigenvalue weighted by molar-refractivity contribution is 4.83. The van der Waals surface area contributed by atoms with Gasteiger partial charge in [0.15, 0.2) is 0 Å².